The number of thioether (sulfide) groups is 1. The second kappa shape index (κ2) is 8.95. The molecule has 0 atom stereocenters. The van der Waals surface area contributed by atoms with Crippen LogP contribution in [0.5, 0.6) is 5.75 Å². The lowest BCUT2D eigenvalue weighted by Crippen LogP contribution is -2.15. The van der Waals surface area contributed by atoms with E-state index in [-0.39, 0.29) is 23.4 Å². The summed E-state index contributed by atoms with van der Waals surface area (Å²) < 4.78 is 35.5. The number of aromatic nitrogens is 3. The van der Waals surface area contributed by atoms with Crippen LogP contribution in [0, 0.1) is 11.6 Å². The van der Waals surface area contributed by atoms with Gasteiger partial charge in [-0.15, -0.1) is 10.2 Å². The number of rotatable bonds is 6. The van der Waals surface area contributed by atoms with Crippen molar-refractivity contribution in [3.05, 3.63) is 59.7 Å². The Kier molecular flexibility index (Phi) is 6.13. The summed E-state index contributed by atoms with van der Waals surface area (Å²) in [4.78, 5) is 0. The number of hydrogen-bond acceptors (Lipinski definition) is 4. The highest BCUT2D eigenvalue weighted by atomic mass is 32.2. The molecule has 0 bridgehead atoms. The summed E-state index contributed by atoms with van der Waals surface area (Å²) in [5.41, 5.74) is 1.30. The molecule has 1 fully saturated rings. The smallest absolute Gasteiger partial charge is 0.192 e. The first kappa shape index (κ1) is 19.9. The summed E-state index contributed by atoms with van der Waals surface area (Å²) in [5.74, 6) is 0.657. The molecular weight excluding hydrogens is 392 g/mol. The Morgan fingerprint density at radius 3 is 2.55 bits per heavy atom. The van der Waals surface area contributed by atoms with E-state index in [1.165, 1.54) is 37.4 Å². The molecule has 1 heterocycles. The van der Waals surface area contributed by atoms with Gasteiger partial charge in [0.05, 0.1) is 12.7 Å². The first-order chi connectivity index (χ1) is 14.2. The Morgan fingerprint density at radius 1 is 1.03 bits per heavy atom. The lowest BCUT2D eigenvalue weighted by molar-refractivity contribution is 0.339. The van der Waals surface area contributed by atoms with Crippen LogP contribution < -0.4 is 4.74 Å². The lowest BCUT2D eigenvalue weighted by Gasteiger charge is -2.25. The summed E-state index contributed by atoms with van der Waals surface area (Å²) in [6.45, 7) is 0. The zero-order valence-corrected chi connectivity index (χ0v) is 17.1. The molecule has 152 valence electrons. The standard InChI is InChI=1S/C22H23F2N3OS/c1-28-20-12-11-15(13-19(20)24)14-29-22-26-25-21(17-9-5-6-10-18(17)23)27(22)16-7-3-2-4-8-16/h5-6,9-13,16H,2-4,7-8,14H2,1H3. The van der Waals surface area contributed by atoms with E-state index < -0.39 is 0 Å². The van der Waals surface area contributed by atoms with E-state index in [9.17, 15) is 8.78 Å². The Bertz CT molecular complexity index is 986. The van der Waals surface area contributed by atoms with E-state index in [4.69, 9.17) is 4.74 Å². The monoisotopic (exact) mass is 415 g/mol. The summed E-state index contributed by atoms with van der Waals surface area (Å²) >= 11 is 1.50. The number of ether oxygens (including phenoxy) is 1. The molecule has 7 heteroatoms. The van der Waals surface area contributed by atoms with Crippen LogP contribution >= 0.6 is 11.8 Å². The number of methoxy groups -OCH3 is 1. The highest BCUT2D eigenvalue weighted by molar-refractivity contribution is 7.98. The fourth-order valence-electron chi connectivity index (χ4n) is 3.82. The quantitative estimate of drug-likeness (QED) is 0.461. The zero-order chi connectivity index (χ0) is 20.2. The Balaban J connectivity index is 1.64. The minimum atomic E-state index is -0.383. The van der Waals surface area contributed by atoms with E-state index in [1.54, 1.807) is 18.2 Å². The molecule has 4 rings (SSSR count). The van der Waals surface area contributed by atoms with Crippen LogP contribution in [0.2, 0.25) is 0 Å². The summed E-state index contributed by atoms with van der Waals surface area (Å²) in [6.07, 6.45) is 5.58. The van der Waals surface area contributed by atoms with E-state index in [0.29, 0.717) is 17.1 Å². The molecule has 1 aromatic heterocycles. The third kappa shape index (κ3) is 4.29. The van der Waals surface area contributed by atoms with E-state index >= 15 is 0 Å². The van der Waals surface area contributed by atoms with Crippen LogP contribution in [0.1, 0.15) is 43.7 Å². The normalized spacial score (nSPS) is 14.9. The highest BCUT2D eigenvalue weighted by Crippen LogP contribution is 2.37. The molecule has 1 saturated carbocycles. The van der Waals surface area contributed by atoms with Gasteiger partial charge in [-0.2, -0.15) is 0 Å². The first-order valence-corrected chi connectivity index (χ1v) is 10.8. The molecule has 0 amide bonds. The molecule has 2 aromatic carbocycles. The van der Waals surface area contributed by atoms with Crippen molar-refractivity contribution < 1.29 is 13.5 Å². The van der Waals surface area contributed by atoms with Crippen LogP contribution in [-0.2, 0) is 5.75 Å². The van der Waals surface area contributed by atoms with Gasteiger partial charge in [0.15, 0.2) is 22.5 Å². The minimum Gasteiger partial charge on any atom is -0.494 e. The van der Waals surface area contributed by atoms with Gasteiger partial charge in [-0.3, -0.25) is 4.57 Å². The Hall–Kier alpha value is -2.41. The van der Waals surface area contributed by atoms with Gasteiger partial charge in [-0.05, 0) is 42.7 Å². The van der Waals surface area contributed by atoms with Crippen molar-refractivity contribution >= 4 is 11.8 Å². The fourth-order valence-corrected chi connectivity index (χ4v) is 4.77. The Morgan fingerprint density at radius 2 is 1.83 bits per heavy atom. The fraction of sp³-hybridized carbons (Fsp3) is 0.364. The van der Waals surface area contributed by atoms with E-state index in [1.807, 2.05) is 12.1 Å². The minimum absolute atomic E-state index is 0.228. The maximum absolute atomic E-state index is 14.5. The number of halogens is 2. The number of nitrogens with zero attached hydrogens (tertiary/aromatic N) is 3. The van der Waals surface area contributed by atoms with Gasteiger partial charge in [-0.25, -0.2) is 8.78 Å². The van der Waals surface area contributed by atoms with Crippen LogP contribution in [0.25, 0.3) is 11.4 Å². The van der Waals surface area contributed by atoms with Gasteiger partial charge >= 0.3 is 0 Å². The predicted octanol–water partition coefficient (Wildman–Crippen LogP) is 6.03. The lowest BCUT2D eigenvalue weighted by atomic mass is 9.95. The van der Waals surface area contributed by atoms with Crippen molar-refractivity contribution in [3.63, 3.8) is 0 Å². The van der Waals surface area contributed by atoms with Gasteiger partial charge in [0.25, 0.3) is 0 Å². The van der Waals surface area contributed by atoms with Gasteiger partial charge in [0.1, 0.15) is 5.82 Å². The molecule has 0 aliphatic heterocycles. The molecule has 29 heavy (non-hydrogen) atoms. The maximum atomic E-state index is 14.5. The third-order valence-corrected chi connectivity index (χ3v) is 6.32. The first-order valence-electron chi connectivity index (χ1n) is 9.82. The van der Waals surface area contributed by atoms with Gasteiger partial charge < -0.3 is 4.74 Å². The molecular formula is C22H23F2N3OS. The molecule has 0 N–H and O–H groups in total. The highest BCUT2D eigenvalue weighted by Gasteiger charge is 2.25. The van der Waals surface area contributed by atoms with Gasteiger partial charge in [-0.1, -0.05) is 49.2 Å². The van der Waals surface area contributed by atoms with Crippen molar-refractivity contribution in [2.24, 2.45) is 0 Å². The van der Waals surface area contributed by atoms with Crippen molar-refractivity contribution in [1.82, 2.24) is 14.8 Å². The van der Waals surface area contributed by atoms with Crippen LogP contribution in [0.15, 0.2) is 47.6 Å². The summed E-state index contributed by atoms with van der Waals surface area (Å²) in [5, 5.41) is 9.45. The topological polar surface area (TPSA) is 39.9 Å². The van der Waals surface area contributed by atoms with Crippen molar-refractivity contribution in [3.8, 4) is 17.1 Å². The molecule has 0 unspecified atom stereocenters. The zero-order valence-electron chi connectivity index (χ0n) is 16.3. The molecule has 4 nitrogen and oxygen atoms in total. The predicted molar refractivity (Wildman–Crippen MR) is 110 cm³/mol. The molecule has 3 aromatic rings. The van der Waals surface area contributed by atoms with Crippen molar-refractivity contribution in [2.45, 2.75) is 49.1 Å². The average Bonchev–Trinajstić information content (AvgIpc) is 3.17. The second-order valence-corrected chi connectivity index (χ2v) is 8.15. The van der Waals surface area contributed by atoms with Crippen LogP contribution in [0.4, 0.5) is 8.78 Å². The molecule has 1 aliphatic rings. The van der Waals surface area contributed by atoms with Gasteiger partial charge in [0.2, 0.25) is 0 Å². The van der Waals surface area contributed by atoms with E-state index in [0.717, 1.165) is 36.4 Å². The van der Waals surface area contributed by atoms with Crippen molar-refractivity contribution in [1.29, 1.82) is 0 Å². The Labute approximate surface area is 173 Å². The van der Waals surface area contributed by atoms with Crippen LogP contribution in [0.3, 0.4) is 0 Å². The molecule has 0 radical (unpaired) electrons. The number of benzene rings is 2. The van der Waals surface area contributed by atoms with E-state index in [2.05, 4.69) is 14.8 Å². The number of hydrogen-bond donors (Lipinski definition) is 0. The second-order valence-electron chi connectivity index (χ2n) is 7.21. The summed E-state index contributed by atoms with van der Waals surface area (Å²) in [7, 11) is 1.45. The van der Waals surface area contributed by atoms with Gasteiger partial charge in [0, 0.05) is 11.8 Å². The molecule has 0 saturated heterocycles. The van der Waals surface area contributed by atoms with Crippen molar-refractivity contribution in [2.75, 3.05) is 7.11 Å². The third-order valence-electron chi connectivity index (χ3n) is 5.30. The van der Waals surface area contributed by atoms with Crippen LogP contribution in [-0.4, -0.2) is 21.9 Å². The molecule has 0 spiro atoms. The summed E-state index contributed by atoms with van der Waals surface area (Å²) in [6, 6.07) is 11.9. The SMILES string of the molecule is COc1ccc(CSc2nnc(-c3ccccc3F)n2C2CCCCC2)cc1F. The largest absolute Gasteiger partial charge is 0.494 e. The molecule has 1 aliphatic carbocycles. The average molecular weight is 416 g/mol. The maximum Gasteiger partial charge on any atom is 0.192 e.